The maximum Gasteiger partial charge on any atom is 0.326 e. The van der Waals surface area contributed by atoms with Gasteiger partial charge in [0.2, 0.25) is 0 Å². The molecule has 0 saturated carbocycles. The largest absolute Gasteiger partial charge is 0.480 e. The summed E-state index contributed by atoms with van der Waals surface area (Å²) in [5, 5.41) is 13.9. The van der Waals surface area contributed by atoms with E-state index in [1.54, 1.807) is 18.5 Å². The van der Waals surface area contributed by atoms with Gasteiger partial charge >= 0.3 is 12.0 Å². The van der Waals surface area contributed by atoms with Gasteiger partial charge in [-0.3, -0.25) is 4.98 Å². The number of aromatic nitrogens is 1. The highest BCUT2D eigenvalue weighted by Crippen LogP contribution is 2.04. The molecule has 0 radical (unpaired) electrons. The molecule has 1 unspecified atom stereocenters. The molecule has 2 amide bonds. The number of rotatable bonds is 6. The van der Waals surface area contributed by atoms with Gasteiger partial charge < -0.3 is 15.7 Å². The SMILES string of the molecule is C=CCC(NC(=O)NCc1ccncc1C)C(=O)O. The minimum absolute atomic E-state index is 0.178. The Labute approximate surface area is 111 Å². The molecule has 0 aromatic carbocycles. The first kappa shape index (κ1) is 14.7. The van der Waals surface area contributed by atoms with Crippen molar-refractivity contribution in [3.63, 3.8) is 0 Å². The summed E-state index contributed by atoms with van der Waals surface area (Å²) in [4.78, 5) is 26.4. The van der Waals surface area contributed by atoms with Crippen LogP contribution in [-0.2, 0) is 11.3 Å². The van der Waals surface area contributed by atoms with E-state index in [-0.39, 0.29) is 6.42 Å². The Morgan fingerprint density at radius 3 is 2.89 bits per heavy atom. The molecule has 102 valence electrons. The molecule has 0 aliphatic carbocycles. The van der Waals surface area contributed by atoms with E-state index in [4.69, 9.17) is 5.11 Å². The van der Waals surface area contributed by atoms with Crippen molar-refractivity contribution in [2.75, 3.05) is 0 Å². The second-order valence-corrected chi connectivity index (χ2v) is 4.04. The summed E-state index contributed by atoms with van der Waals surface area (Å²) in [5.74, 6) is -1.09. The van der Waals surface area contributed by atoms with Crippen LogP contribution in [-0.4, -0.2) is 28.1 Å². The van der Waals surface area contributed by atoms with Crippen LogP contribution in [0.2, 0.25) is 0 Å². The van der Waals surface area contributed by atoms with Crippen LogP contribution >= 0.6 is 0 Å². The van der Waals surface area contributed by atoms with E-state index < -0.39 is 18.0 Å². The van der Waals surface area contributed by atoms with E-state index >= 15 is 0 Å². The van der Waals surface area contributed by atoms with Crippen LogP contribution in [0.1, 0.15) is 17.5 Å². The average Bonchev–Trinajstić information content (AvgIpc) is 2.37. The molecule has 6 heteroatoms. The summed E-state index contributed by atoms with van der Waals surface area (Å²) in [7, 11) is 0. The number of urea groups is 1. The third-order valence-corrected chi connectivity index (χ3v) is 2.58. The van der Waals surface area contributed by atoms with Crippen molar-refractivity contribution in [3.05, 3.63) is 42.2 Å². The van der Waals surface area contributed by atoms with Gasteiger partial charge in [-0.2, -0.15) is 0 Å². The number of pyridine rings is 1. The minimum Gasteiger partial charge on any atom is -0.480 e. The first-order valence-corrected chi connectivity index (χ1v) is 5.82. The quantitative estimate of drug-likeness (QED) is 0.673. The molecule has 1 rings (SSSR count). The molecular formula is C13H17N3O3. The van der Waals surface area contributed by atoms with E-state index in [9.17, 15) is 9.59 Å². The number of carbonyl (C=O) groups excluding carboxylic acids is 1. The summed E-state index contributed by atoms with van der Waals surface area (Å²) in [6.45, 7) is 5.66. The lowest BCUT2D eigenvalue weighted by Crippen LogP contribution is -2.45. The van der Waals surface area contributed by atoms with Gasteiger partial charge in [0.05, 0.1) is 0 Å². The maximum absolute atomic E-state index is 11.6. The predicted octanol–water partition coefficient (Wildman–Crippen LogP) is 1.22. The lowest BCUT2D eigenvalue weighted by Gasteiger charge is -2.14. The molecule has 1 heterocycles. The standard InChI is InChI=1S/C13H17N3O3/c1-3-4-11(12(17)18)16-13(19)15-8-10-5-6-14-7-9(10)2/h3,5-7,11H,1,4,8H2,2H3,(H,17,18)(H2,15,16,19). The second kappa shape index (κ2) is 7.15. The number of nitrogens with zero attached hydrogens (tertiary/aromatic N) is 1. The lowest BCUT2D eigenvalue weighted by atomic mass is 10.1. The molecule has 0 spiro atoms. The molecule has 0 aliphatic rings. The number of nitrogens with one attached hydrogen (secondary N) is 2. The number of carbonyl (C=O) groups is 2. The maximum atomic E-state index is 11.6. The Bertz CT molecular complexity index is 474. The topological polar surface area (TPSA) is 91.3 Å². The first-order valence-electron chi connectivity index (χ1n) is 5.82. The van der Waals surface area contributed by atoms with Gasteiger partial charge in [0.25, 0.3) is 0 Å². The summed E-state index contributed by atoms with van der Waals surface area (Å²) >= 11 is 0. The summed E-state index contributed by atoms with van der Waals surface area (Å²) in [6, 6.07) is 0.315. The van der Waals surface area contributed by atoms with Crippen molar-refractivity contribution >= 4 is 12.0 Å². The molecule has 0 aliphatic heterocycles. The number of amides is 2. The number of carboxylic acids is 1. The van der Waals surface area contributed by atoms with Crippen molar-refractivity contribution in [2.45, 2.75) is 25.9 Å². The Hall–Kier alpha value is -2.37. The second-order valence-electron chi connectivity index (χ2n) is 4.04. The Morgan fingerprint density at radius 1 is 1.58 bits per heavy atom. The molecule has 1 aromatic heterocycles. The molecule has 19 heavy (non-hydrogen) atoms. The van der Waals surface area contributed by atoms with Crippen molar-refractivity contribution in [2.24, 2.45) is 0 Å². The van der Waals surface area contributed by atoms with Crippen molar-refractivity contribution in [3.8, 4) is 0 Å². The predicted molar refractivity (Wildman–Crippen MR) is 70.6 cm³/mol. The smallest absolute Gasteiger partial charge is 0.326 e. The number of aliphatic carboxylic acids is 1. The molecule has 1 atom stereocenters. The van der Waals surface area contributed by atoms with Crippen molar-refractivity contribution < 1.29 is 14.7 Å². The van der Waals surface area contributed by atoms with Gasteiger partial charge in [-0.25, -0.2) is 9.59 Å². The van der Waals surface area contributed by atoms with Gasteiger partial charge in [0.15, 0.2) is 0 Å². The zero-order valence-corrected chi connectivity index (χ0v) is 10.7. The zero-order valence-electron chi connectivity index (χ0n) is 10.7. The van der Waals surface area contributed by atoms with Crippen LogP contribution in [0.5, 0.6) is 0 Å². The minimum atomic E-state index is -1.09. The first-order chi connectivity index (χ1) is 9.04. The van der Waals surface area contributed by atoms with Gasteiger partial charge in [-0.1, -0.05) is 6.08 Å². The molecular weight excluding hydrogens is 246 g/mol. The Kier molecular flexibility index (Phi) is 5.53. The monoisotopic (exact) mass is 263 g/mol. The Morgan fingerprint density at radius 2 is 2.32 bits per heavy atom. The van der Waals surface area contributed by atoms with Crippen LogP contribution in [0.25, 0.3) is 0 Å². The van der Waals surface area contributed by atoms with Gasteiger partial charge in [0, 0.05) is 18.9 Å². The van der Waals surface area contributed by atoms with E-state index in [1.807, 2.05) is 6.92 Å². The molecule has 0 bridgehead atoms. The molecule has 3 N–H and O–H groups in total. The third kappa shape index (κ3) is 4.79. The van der Waals surface area contributed by atoms with E-state index in [0.717, 1.165) is 11.1 Å². The number of aryl methyl sites for hydroxylation is 1. The van der Waals surface area contributed by atoms with Crippen LogP contribution in [0, 0.1) is 6.92 Å². The average molecular weight is 263 g/mol. The molecule has 0 fully saturated rings. The van der Waals surface area contributed by atoms with Gasteiger partial charge in [0.1, 0.15) is 6.04 Å². The van der Waals surface area contributed by atoms with E-state index in [2.05, 4.69) is 22.2 Å². The van der Waals surface area contributed by atoms with Crippen molar-refractivity contribution in [1.29, 1.82) is 0 Å². The summed E-state index contributed by atoms with van der Waals surface area (Å²) in [5.41, 5.74) is 1.89. The molecule has 6 nitrogen and oxygen atoms in total. The summed E-state index contributed by atoms with van der Waals surface area (Å²) < 4.78 is 0. The Balaban J connectivity index is 2.49. The van der Waals surface area contributed by atoms with Crippen LogP contribution < -0.4 is 10.6 Å². The third-order valence-electron chi connectivity index (χ3n) is 2.58. The number of hydrogen-bond acceptors (Lipinski definition) is 3. The van der Waals surface area contributed by atoms with Crippen LogP contribution in [0.4, 0.5) is 4.79 Å². The lowest BCUT2D eigenvalue weighted by molar-refractivity contribution is -0.139. The number of carboxylic acid groups (broad SMARTS) is 1. The van der Waals surface area contributed by atoms with Crippen LogP contribution in [0.15, 0.2) is 31.1 Å². The van der Waals surface area contributed by atoms with Gasteiger partial charge in [-0.15, -0.1) is 6.58 Å². The molecule has 0 saturated heterocycles. The fourth-order valence-corrected chi connectivity index (χ4v) is 1.47. The fraction of sp³-hybridized carbons (Fsp3) is 0.308. The summed E-state index contributed by atoms with van der Waals surface area (Å²) in [6.07, 6.45) is 4.97. The normalized spacial score (nSPS) is 11.4. The van der Waals surface area contributed by atoms with Crippen molar-refractivity contribution in [1.82, 2.24) is 15.6 Å². The zero-order chi connectivity index (χ0) is 14.3. The highest BCUT2D eigenvalue weighted by molar-refractivity contribution is 5.82. The highest BCUT2D eigenvalue weighted by atomic mass is 16.4. The van der Waals surface area contributed by atoms with E-state index in [0.29, 0.717) is 6.54 Å². The highest BCUT2D eigenvalue weighted by Gasteiger charge is 2.17. The van der Waals surface area contributed by atoms with Gasteiger partial charge in [-0.05, 0) is 30.5 Å². The van der Waals surface area contributed by atoms with E-state index in [1.165, 1.54) is 6.08 Å². The van der Waals surface area contributed by atoms with Crippen LogP contribution in [0.3, 0.4) is 0 Å². The molecule has 1 aromatic rings. The fourth-order valence-electron chi connectivity index (χ4n) is 1.47. The number of hydrogen-bond donors (Lipinski definition) is 3.